The van der Waals surface area contributed by atoms with E-state index in [0.717, 1.165) is 18.9 Å². The van der Waals surface area contributed by atoms with Gasteiger partial charge in [0.2, 0.25) is 5.69 Å². The number of rotatable bonds is 3. The number of carbonyl (C=O) groups excluding carboxylic acids is 1. The highest BCUT2D eigenvalue weighted by Gasteiger charge is 2.36. The highest BCUT2D eigenvalue weighted by molar-refractivity contribution is 5.93. The minimum absolute atomic E-state index is 0.0215. The van der Waals surface area contributed by atoms with E-state index >= 15 is 0 Å². The van der Waals surface area contributed by atoms with E-state index in [2.05, 4.69) is 5.10 Å². The first-order valence-electron chi connectivity index (χ1n) is 6.25. The van der Waals surface area contributed by atoms with Gasteiger partial charge in [-0.3, -0.25) is 0 Å². The van der Waals surface area contributed by atoms with Gasteiger partial charge in [0.1, 0.15) is 17.3 Å². The van der Waals surface area contributed by atoms with Crippen LogP contribution in [0.3, 0.4) is 0 Å². The summed E-state index contributed by atoms with van der Waals surface area (Å²) in [7, 11) is 1.27. The van der Waals surface area contributed by atoms with Gasteiger partial charge in [0.05, 0.1) is 7.11 Å². The molecule has 0 bridgehead atoms. The van der Waals surface area contributed by atoms with E-state index in [9.17, 15) is 18.0 Å². The highest BCUT2D eigenvalue weighted by Crippen LogP contribution is 2.34. The molecule has 0 aliphatic heterocycles. The number of hydrogen-bond acceptors (Lipinski definition) is 4. The second-order valence-corrected chi connectivity index (χ2v) is 4.69. The molecule has 5 nitrogen and oxygen atoms in total. The number of fused-ring (bicyclic) bond motifs is 1. The zero-order chi connectivity index (χ0) is 15.2. The van der Waals surface area contributed by atoms with E-state index < -0.39 is 17.8 Å². The molecule has 0 amide bonds. The Bertz CT molecular complexity index is 704. The highest BCUT2D eigenvalue weighted by atomic mass is 19.4. The number of alkyl halides is 3. The van der Waals surface area contributed by atoms with E-state index in [4.69, 9.17) is 9.47 Å². The van der Waals surface area contributed by atoms with Gasteiger partial charge in [-0.15, -0.1) is 0 Å². The smallest absolute Gasteiger partial charge is 0.433 e. The Kier molecular flexibility index (Phi) is 3.03. The molecule has 0 aromatic carbocycles. The first-order chi connectivity index (χ1) is 9.91. The Morgan fingerprint density at radius 3 is 2.67 bits per heavy atom. The quantitative estimate of drug-likeness (QED) is 0.818. The van der Waals surface area contributed by atoms with Crippen molar-refractivity contribution in [1.82, 2.24) is 9.61 Å². The second-order valence-electron chi connectivity index (χ2n) is 4.69. The van der Waals surface area contributed by atoms with Crippen molar-refractivity contribution in [2.24, 2.45) is 0 Å². The maximum atomic E-state index is 13.0. The fourth-order valence-corrected chi connectivity index (χ4v) is 1.99. The van der Waals surface area contributed by atoms with Crippen LogP contribution in [0.2, 0.25) is 0 Å². The third-order valence-electron chi connectivity index (χ3n) is 3.10. The van der Waals surface area contributed by atoms with E-state index in [1.54, 1.807) is 0 Å². The van der Waals surface area contributed by atoms with Crippen molar-refractivity contribution >= 4 is 11.5 Å². The lowest BCUT2D eigenvalue weighted by Gasteiger charge is -2.08. The molecular weight excluding hydrogens is 289 g/mol. The van der Waals surface area contributed by atoms with Crippen LogP contribution in [-0.4, -0.2) is 28.8 Å². The Labute approximate surface area is 117 Å². The second kappa shape index (κ2) is 4.64. The molecule has 1 aliphatic carbocycles. The summed E-state index contributed by atoms with van der Waals surface area (Å²) in [5.74, 6) is -0.794. The number of nitrogens with zero attached hydrogens (tertiary/aromatic N) is 2. The summed E-state index contributed by atoms with van der Waals surface area (Å²) in [6.07, 6.45) is -3.24. The molecule has 21 heavy (non-hydrogen) atoms. The van der Waals surface area contributed by atoms with Crippen LogP contribution in [-0.2, 0) is 10.9 Å². The third kappa shape index (κ3) is 2.41. The zero-order valence-electron chi connectivity index (χ0n) is 11.0. The molecule has 112 valence electrons. The Morgan fingerprint density at radius 2 is 2.10 bits per heavy atom. The number of carbonyl (C=O) groups is 1. The molecule has 1 fully saturated rings. The summed E-state index contributed by atoms with van der Waals surface area (Å²) in [5, 5.41) is 3.73. The van der Waals surface area contributed by atoms with Crippen LogP contribution in [0.5, 0.6) is 5.75 Å². The molecule has 0 unspecified atom stereocenters. The van der Waals surface area contributed by atoms with Crippen LogP contribution < -0.4 is 4.74 Å². The summed E-state index contributed by atoms with van der Waals surface area (Å²) in [5.41, 5.74) is -1.17. The summed E-state index contributed by atoms with van der Waals surface area (Å²) < 4.78 is 49.7. The van der Waals surface area contributed by atoms with Gasteiger partial charge < -0.3 is 9.47 Å². The molecule has 2 heterocycles. The lowest BCUT2D eigenvalue weighted by atomic mass is 10.3. The van der Waals surface area contributed by atoms with Crippen molar-refractivity contribution < 1.29 is 27.4 Å². The predicted octanol–water partition coefficient (Wildman–Crippen LogP) is 2.68. The maximum absolute atomic E-state index is 13.0. The third-order valence-corrected chi connectivity index (χ3v) is 3.10. The first-order valence-corrected chi connectivity index (χ1v) is 6.25. The molecule has 0 spiro atoms. The average molecular weight is 300 g/mol. The fourth-order valence-electron chi connectivity index (χ4n) is 1.99. The molecule has 0 radical (unpaired) electrons. The zero-order valence-corrected chi connectivity index (χ0v) is 11.0. The van der Waals surface area contributed by atoms with Crippen molar-refractivity contribution in [2.75, 3.05) is 7.11 Å². The normalized spacial score (nSPS) is 15.2. The van der Waals surface area contributed by atoms with Crippen molar-refractivity contribution in [3.8, 4) is 5.75 Å². The maximum Gasteiger partial charge on any atom is 0.433 e. The van der Waals surface area contributed by atoms with Crippen molar-refractivity contribution in [1.29, 1.82) is 0 Å². The van der Waals surface area contributed by atoms with Crippen LogP contribution in [0.15, 0.2) is 18.2 Å². The largest absolute Gasteiger partial charge is 0.492 e. The summed E-state index contributed by atoms with van der Waals surface area (Å²) in [6.45, 7) is 0. The van der Waals surface area contributed by atoms with Gasteiger partial charge in [-0.25, -0.2) is 9.31 Å². The molecule has 3 rings (SSSR count). The number of hydrogen-bond donors (Lipinski definition) is 0. The van der Waals surface area contributed by atoms with E-state index in [1.165, 1.54) is 19.2 Å². The predicted molar refractivity (Wildman–Crippen MR) is 65.2 cm³/mol. The van der Waals surface area contributed by atoms with Gasteiger partial charge in [0.25, 0.3) is 0 Å². The molecule has 2 aromatic heterocycles. The molecule has 1 saturated carbocycles. The van der Waals surface area contributed by atoms with Crippen LogP contribution >= 0.6 is 0 Å². The van der Waals surface area contributed by atoms with Gasteiger partial charge in [0.15, 0.2) is 5.75 Å². The van der Waals surface area contributed by atoms with Crippen LogP contribution in [0.4, 0.5) is 13.2 Å². The first kappa shape index (κ1) is 13.7. The summed E-state index contributed by atoms with van der Waals surface area (Å²) >= 11 is 0. The van der Waals surface area contributed by atoms with Crippen molar-refractivity contribution in [2.45, 2.75) is 25.1 Å². The molecule has 8 heteroatoms. The number of pyridine rings is 1. The average Bonchev–Trinajstić information content (AvgIpc) is 3.14. The van der Waals surface area contributed by atoms with E-state index in [-0.39, 0.29) is 23.1 Å². The number of ether oxygens (including phenoxy) is 2. The van der Waals surface area contributed by atoms with E-state index in [1.807, 2.05) is 0 Å². The Hall–Kier alpha value is -2.25. The molecule has 0 saturated heterocycles. The monoisotopic (exact) mass is 300 g/mol. The molecule has 2 aromatic rings. The van der Waals surface area contributed by atoms with Crippen LogP contribution in [0, 0.1) is 0 Å². The van der Waals surface area contributed by atoms with Gasteiger partial charge in [-0.05, 0) is 25.0 Å². The van der Waals surface area contributed by atoms with Gasteiger partial charge >= 0.3 is 12.1 Å². The number of methoxy groups -OCH3 is 1. The van der Waals surface area contributed by atoms with Crippen LogP contribution in [0.25, 0.3) is 5.52 Å². The Balaban J connectivity index is 2.14. The Morgan fingerprint density at radius 1 is 1.38 bits per heavy atom. The lowest BCUT2D eigenvalue weighted by Crippen LogP contribution is -2.13. The number of esters is 1. The van der Waals surface area contributed by atoms with Gasteiger partial charge in [-0.2, -0.15) is 18.3 Å². The van der Waals surface area contributed by atoms with Crippen LogP contribution in [0.1, 0.15) is 29.0 Å². The van der Waals surface area contributed by atoms with E-state index in [0.29, 0.717) is 4.52 Å². The van der Waals surface area contributed by atoms with Gasteiger partial charge in [-0.1, -0.05) is 6.07 Å². The summed E-state index contributed by atoms with van der Waals surface area (Å²) in [4.78, 5) is 11.9. The van der Waals surface area contributed by atoms with Crippen molar-refractivity contribution in [3.05, 3.63) is 29.6 Å². The lowest BCUT2D eigenvalue weighted by molar-refractivity contribution is -0.142. The standard InChI is InChI=1S/C13H11F3N2O3/c1-20-11-8-3-2-4-9(13(14,15)16)18(8)17-10(11)12(19)21-7-5-6-7/h2-4,7H,5-6H2,1H3. The fraction of sp³-hybridized carbons (Fsp3) is 0.385. The van der Waals surface area contributed by atoms with Gasteiger partial charge in [0, 0.05) is 0 Å². The molecular formula is C13H11F3N2O3. The minimum Gasteiger partial charge on any atom is -0.492 e. The number of aromatic nitrogens is 2. The molecule has 1 aliphatic rings. The SMILES string of the molecule is COc1c(C(=O)OC2CC2)nn2c(C(F)(F)F)cccc12. The number of halogens is 3. The summed E-state index contributed by atoms with van der Waals surface area (Å²) in [6, 6.07) is 3.52. The molecule has 0 N–H and O–H groups in total. The van der Waals surface area contributed by atoms with Crippen molar-refractivity contribution in [3.63, 3.8) is 0 Å². The topological polar surface area (TPSA) is 52.8 Å². The minimum atomic E-state index is -4.59. The molecule has 0 atom stereocenters.